The minimum atomic E-state index is -0.130. The van der Waals surface area contributed by atoms with Crippen molar-refractivity contribution >= 4 is 5.91 Å². The van der Waals surface area contributed by atoms with Gasteiger partial charge in [0.2, 0.25) is 5.91 Å². The summed E-state index contributed by atoms with van der Waals surface area (Å²) in [6.45, 7) is 7.79. The van der Waals surface area contributed by atoms with Gasteiger partial charge in [-0.3, -0.25) is 4.79 Å². The Kier molecular flexibility index (Phi) is 6.90. The Morgan fingerprint density at radius 3 is 2.38 bits per heavy atom. The van der Waals surface area contributed by atoms with E-state index in [4.69, 9.17) is 11.0 Å². The minimum Gasteiger partial charge on any atom is -0.338 e. The highest BCUT2D eigenvalue weighted by molar-refractivity contribution is 5.79. The molecule has 2 N–H and O–H groups in total. The van der Waals surface area contributed by atoms with E-state index in [-0.39, 0.29) is 17.7 Å². The summed E-state index contributed by atoms with van der Waals surface area (Å²) in [5.74, 6) is 0.233. The molecule has 0 aliphatic rings. The first-order valence-electron chi connectivity index (χ1n) is 7.51. The third-order valence-corrected chi connectivity index (χ3v) is 3.64. The number of benzene rings is 1. The molecule has 0 fully saturated rings. The first kappa shape index (κ1) is 17.2. The van der Waals surface area contributed by atoms with Crippen molar-refractivity contribution in [2.75, 3.05) is 13.1 Å². The third kappa shape index (κ3) is 4.87. The van der Waals surface area contributed by atoms with E-state index in [1.54, 1.807) is 12.1 Å². The van der Waals surface area contributed by atoms with Crippen LogP contribution in [-0.4, -0.2) is 23.9 Å². The molecule has 21 heavy (non-hydrogen) atoms. The predicted octanol–water partition coefficient (Wildman–Crippen LogP) is 2.53. The molecule has 4 heteroatoms. The van der Waals surface area contributed by atoms with E-state index < -0.39 is 0 Å². The molecule has 0 bridgehead atoms. The van der Waals surface area contributed by atoms with Gasteiger partial charge in [-0.2, -0.15) is 5.26 Å². The summed E-state index contributed by atoms with van der Waals surface area (Å²) in [4.78, 5) is 14.5. The zero-order valence-corrected chi connectivity index (χ0v) is 13.2. The molecule has 0 saturated heterocycles. The summed E-state index contributed by atoms with van der Waals surface area (Å²) in [7, 11) is 0. The predicted molar refractivity (Wildman–Crippen MR) is 84.2 cm³/mol. The number of carbonyl (C=O) groups excluding carboxylic acids is 1. The molecule has 114 valence electrons. The molecule has 1 rings (SSSR count). The van der Waals surface area contributed by atoms with E-state index in [9.17, 15) is 4.79 Å². The lowest BCUT2D eigenvalue weighted by atomic mass is 9.94. The molecule has 0 saturated carbocycles. The number of nitrogens with two attached hydrogens (primary N) is 1. The molecule has 0 heterocycles. The van der Waals surface area contributed by atoms with Crippen molar-refractivity contribution in [3.05, 3.63) is 35.4 Å². The lowest BCUT2D eigenvalue weighted by Crippen LogP contribution is -2.41. The second-order valence-electron chi connectivity index (χ2n) is 5.65. The van der Waals surface area contributed by atoms with Crippen LogP contribution in [0.2, 0.25) is 0 Å². The first-order valence-corrected chi connectivity index (χ1v) is 7.51. The molecule has 1 unspecified atom stereocenters. The normalized spacial score (nSPS) is 12.0. The number of carbonyl (C=O) groups is 1. The van der Waals surface area contributed by atoms with Gasteiger partial charge in [0, 0.05) is 19.6 Å². The maximum absolute atomic E-state index is 12.6. The molecule has 0 spiro atoms. The lowest BCUT2D eigenvalue weighted by Gasteiger charge is -2.28. The van der Waals surface area contributed by atoms with Crippen molar-refractivity contribution in [2.45, 2.75) is 33.7 Å². The van der Waals surface area contributed by atoms with E-state index >= 15 is 0 Å². The molecule has 0 aromatic heterocycles. The summed E-state index contributed by atoms with van der Waals surface area (Å²) in [5, 5.41) is 8.82. The van der Waals surface area contributed by atoms with Crippen LogP contribution in [0.4, 0.5) is 0 Å². The van der Waals surface area contributed by atoms with Crippen molar-refractivity contribution in [3.63, 3.8) is 0 Å². The maximum atomic E-state index is 12.6. The van der Waals surface area contributed by atoms with Crippen molar-refractivity contribution in [1.82, 2.24) is 4.90 Å². The standard InChI is InChI=1S/C17H25N3O/c1-4-9-20(17(21)16(11-19)13(2)3)12-15-7-5-14(10-18)6-8-15/h5-8,13,16H,4,9,11-12,19H2,1-3H3. The maximum Gasteiger partial charge on any atom is 0.227 e. The van der Waals surface area contributed by atoms with E-state index in [2.05, 4.69) is 13.0 Å². The lowest BCUT2D eigenvalue weighted by molar-refractivity contribution is -0.137. The van der Waals surface area contributed by atoms with Crippen molar-refractivity contribution in [2.24, 2.45) is 17.6 Å². The van der Waals surface area contributed by atoms with Crippen molar-refractivity contribution in [1.29, 1.82) is 5.26 Å². The largest absolute Gasteiger partial charge is 0.338 e. The zero-order valence-electron chi connectivity index (χ0n) is 13.2. The van der Waals surface area contributed by atoms with E-state index in [1.807, 2.05) is 30.9 Å². The van der Waals surface area contributed by atoms with E-state index in [0.29, 0.717) is 18.7 Å². The van der Waals surface area contributed by atoms with Gasteiger partial charge in [-0.25, -0.2) is 0 Å². The van der Waals surface area contributed by atoms with Crippen LogP contribution in [0.5, 0.6) is 0 Å². The quantitative estimate of drug-likeness (QED) is 0.837. The molecule has 0 radical (unpaired) electrons. The molecule has 0 aliphatic carbocycles. The van der Waals surface area contributed by atoms with Crippen LogP contribution in [0.15, 0.2) is 24.3 Å². The molecule has 1 amide bonds. The fourth-order valence-corrected chi connectivity index (χ4v) is 2.33. The van der Waals surface area contributed by atoms with Gasteiger partial charge in [-0.1, -0.05) is 32.9 Å². The number of hydrogen-bond donors (Lipinski definition) is 1. The number of hydrogen-bond acceptors (Lipinski definition) is 3. The van der Waals surface area contributed by atoms with Crippen LogP contribution < -0.4 is 5.73 Å². The number of nitriles is 1. The SMILES string of the molecule is CCCN(Cc1ccc(C#N)cc1)C(=O)C(CN)C(C)C. The van der Waals surface area contributed by atoms with Crippen LogP contribution in [0.25, 0.3) is 0 Å². The molecule has 0 aliphatic heterocycles. The van der Waals surface area contributed by atoms with Gasteiger partial charge in [0.05, 0.1) is 17.6 Å². The Bertz CT molecular complexity index is 488. The van der Waals surface area contributed by atoms with Crippen LogP contribution in [0.3, 0.4) is 0 Å². The summed E-state index contributed by atoms with van der Waals surface area (Å²) in [6.07, 6.45) is 0.914. The zero-order chi connectivity index (χ0) is 15.8. The fourth-order valence-electron chi connectivity index (χ4n) is 2.33. The van der Waals surface area contributed by atoms with Crippen LogP contribution in [0, 0.1) is 23.2 Å². The topological polar surface area (TPSA) is 70.1 Å². The van der Waals surface area contributed by atoms with Gasteiger partial charge >= 0.3 is 0 Å². The Labute approximate surface area is 127 Å². The van der Waals surface area contributed by atoms with Crippen molar-refractivity contribution in [3.8, 4) is 6.07 Å². The molecule has 1 aromatic rings. The van der Waals surface area contributed by atoms with Crippen molar-refractivity contribution < 1.29 is 4.79 Å². The highest BCUT2D eigenvalue weighted by atomic mass is 16.2. The molecule has 4 nitrogen and oxygen atoms in total. The second kappa shape index (κ2) is 8.43. The van der Waals surface area contributed by atoms with Gasteiger partial charge < -0.3 is 10.6 Å². The number of amides is 1. The van der Waals surface area contributed by atoms with Crippen LogP contribution in [0.1, 0.15) is 38.3 Å². The Hall–Kier alpha value is -1.86. The smallest absolute Gasteiger partial charge is 0.227 e. The van der Waals surface area contributed by atoms with Crippen LogP contribution in [-0.2, 0) is 11.3 Å². The summed E-state index contributed by atoms with van der Waals surface area (Å²) in [6, 6.07) is 9.48. The monoisotopic (exact) mass is 287 g/mol. The summed E-state index contributed by atoms with van der Waals surface area (Å²) < 4.78 is 0. The molecule has 1 atom stereocenters. The fraction of sp³-hybridized carbons (Fsp3) is 0.529. The van der Waals surface area contributed by atoms with E-state index in [1.165, 1.54) is 0 Å². The van der Waals surface area contributed by atoms with Gasteiger partial charge in [0.25, 0.3) is 0 Å². The van der Waals surface area contributed by atoms with Gasteiger partial charge in [-0.15, -0.1) is 0 Å². The van der Waals surface area contributed by atoms with Crippen LogP contribution >= 0.6 is 0 Å². The third-order valence-electron chi connectivity index (χ3n) is 3.64. The highest BCUT2D eigenvalue weighted by Gasteiger charge is 2.25. The van der Waals surface area contributed by atoms with Gasteiger partial charge in [0.1, 0.15) is 0 Å². The average molecular weight is 287 g/mol. The summed E-state index contributed by atoms with van der Waals surface area (Å²) >= 11 is 0. The minimum absolute atomic E-state index is 0.124. The number of nitrogens with zero attached hydrogens (tertiary/aromatic N) is 2. The average Bonchev–Trinajstić information content (AvgIpc) is 2.47. The number of rotatable bonds is 7. The Balaban J connectivity index is 2.85. The molecule has 1 aromatic carbocycles. The van der Waals surface area contributed by atoms with E-state index in [0.717, 1.165) is 18.5 Å². The Morgan fingerprint density at radius 2 is 1.95 bits per heavy atom. The Morgan fingerprint density at radius 1 is 1.33 bits per heavy atom. The first-order chi connectivity index (χ1) is 10.0. The van der Waals surface area contributed by atoms with Gasteiger partial charge in [0.15, 0.2) is 0 Å². The molecular formula is C17H25N3O. The van der Waals surface area contributed by atoms with Gasteiger partial charge in [-0.05, 0) is 30.0 Å². The summed E-state index contributed by atoms with van der Waals surface area (Å²) in [5.41, 5.74) is 7.43. The highest BCUT2D eigenvalue weighted by Crippen LogP contribution is 2.16. The molecular weight excluding hydrogens is 262 g/mol. The second-order valence-corrected chi connectivity index (χ2v) is 5.65.